The molecule has 1 aliphatic heterocycles. The third-order valence-electron chi connectivity index (χ3n) is 4.99. The Morgan fingerprint density at radius 1 is 1.21 bits per heavy atom. The fourth-order valence-electron chi connectivity index (χ4n) is 3.42. The molecule has 0 spiro atoms. The van der Waals surface area contributed by atoms with Gasteiger partial charge in [0, 0.05) is 56.1 Å². The van der Waals surface area contributed by atoms with Crippen LogP contribution in [0.5, 0.6) is 11.5 Å². The Balaban J connectivity index is 1.64. The average Bonchev–Trinajstić information content (AvgIpc) is 3.40. The SMILES string of the molecule is CCNC(=NCc1nncn1CC)NC1CCN(c2cc(OC)cc(OC)c2)C1. The first-order chi connectivity index (χ1) is 14.2. The number of hydrogen-bond donors (Lipinski definition) is 2. The van der Waals surface area contributed by atoms with Crippen LogP contribution < -0.4 is 25.0 Å². The number of hydrogen-bond acceptors (Lipinski definition) is 6. The zero-order valence-electron chi connectivity index (χ0n) is 17.7. The highest BCUT2D eigenvalue weighted by atomic mass is 16.5. The van der Waals surface area contributed by atoms with E-state index in [1.165, 1.54) is 0 Å². The topological polar surface area (TPSA) is 88.8 Å². The van der Waals surface area contributed by atoms with Crippen molar-refractivity contribution in [3.8, 4) is 11.5 Å². The number of ether oxygens (including phenoxy) is 2. The van der Waals surface area contributed by atoms with Gasteiger partial charge in [-0.2, -0.15) is 0 Å². The maximum Gasteiger partial charge on any atom is 0.191 e. The molecule has 1 aromatic heterocycles. The molecule has 0 amide bonds. The quantitative estimate of drug-likeness (QED) is 0.514. The van der Waals surface area contributed by atoms with Crippen LogP contribution in [0.4, 0.5) is 5.69 Å². The summed E-state index contributed by atoms with van der Waals surface area (Å²) in [5.74, 6) is 3.26. The third kappa shape index (κ3) is 5.30. The highest BCUT2D eigenvalue weighted by Gasteiger charge is 2.24. The minimum absolute atomic E-state index is 0.300. The van der Waals surface area contributed by atoms with E-state index in [4.69, 9.17) is 14.5 Å². The van der Waals surface area contributed by atoms with Crippen LogP contribution in [0, 0.1) is 0 Å². The lowest BCUT2D eigenvalue weighted by Gasteiger charge is -2.21. The zero-order valence-corrected chi connectivity index (χ0v) is 17.7. The Bertz CT molecular complexity index is 799. The van der Waals surface area contributed by atoms with Crippen LogP contribution in [-0.4, -0.2) is 60.6 Å². The van der Waals surface area contributed by atoms with Crippen LogP contribution in [0.1, 0.15) is 26.1 Å². The molecule has 9 nitrogen and oxygen atoms in total. The summed E-state index contributed by atoms with van der Waals surface area (Å²) in [4.78, 5) is 7.03. The maximum atomic E-state index is 5.40. The molecular formula is C20H31N7O2. The van der Waals surface area contributed by atoms with Gasteiger partial charge in [-0.05, 0) is 20.3 Å². The van der Waals surface area contributed by atoms with E-state index in [0.717, 1.165) is 61.6 Å². The molecule has 0 bridgehead atoms. The molecule has 2 aromatic rings. The first-order valence-corrected chi connectivity index (χ1v) is 10.1. The second kappa shape index (κ2) is 9.99. The normalized spacial score (nSPS) is 16.8. The zero-order chi connectivity index (χ0) is 20.6. The summed E-state index contributed by atoms with van der Waals surface area (Å²) >= 11 is 0. The highest BCUT2D eigenvalue weighted by Crippen LogP contribution is 2.30. The summed E-state index contributed by atoms with van der Waals surface area (Å²) in [5, 5.41) is 15.0. The minimum atomic E-state index is 0.300. The van der Waals surface area contributed by atoms with Crippen molar-refractivity contribution in [3.05, 3.63) is 30.4 Å². The van der Waals surface area contributed by atoms with E-state index in [9.17, 15) is 0 Å². The molecule has 1 unspecified atom stereocenters. The van der Waals surface area contributed by atoms with Crippen LogP contribution in [0.2, 0.25) is 0 Å². The molecule has 0 aliphatic carbocycles. The number of nitrogens with zero attached hydrogens (tertiary/aromatic N) is 5. The van der Waals surface area contributed by atoms with Crippen molar-refractivity contribution in [1.29, 1.82) is 0 Å². The monoisotopic (exact) mass is 401 g/mol. The molecule has 1 aromatic carbocycles. The van der Waals surface area contributed by atoms with Crippen LogP contribution >= 0.6 is 0 Å². The molecule has 9 heteroatoms. The summed E-state index contributed by atoms with van der Waals surface area (Å²) in [6.45, 7) is 8.10. The van der Waals surface area contributed by atoms with E-state index in [1.807, 2.05) is 22.8 Å². The number of aryl methyl sites for hydroxylation is 1. The van der Waals surface area contributed by atoms with Crippen LogP contribution in [0.3, 0.4) is 0 Å². The fourth-order valence-corrected chi connectivity index (χ4v) is 3.42. The molecule has 3 rings (SSSR count). The summed E-state index contributed by atoms with van der Waals surface area (Å²) in [5.41, 5.74) is 1.10. The van der Waals surface area contributed by atoms with E-state index < -0.39 is 0 Å². The first-order valence-electron chi connectivity index (χ1n) is 10.1. The van der Waals surface area contributed by atoms with Gasteiger partial charge in [0.15, 0.2) is 11.8 Å². The van der Waals surface area contributed by atoms with Crippen molar-refractivity contribution in [2.24, 2.45) is 4.99 Å². The van der Waals surface area contributed by atoms with Gasteiger partial charge >= 0.3 is 0 Å². The Hall–Kier alpha value is -2.97. The molecule has 2 heterocycles. The van der Waals surface area contributed by atoms with Gasteiger partial charge in [0.1, 0.15) is 24.4 Å². The van der Waals surface area contributed by atoms with Crippen LogP contribution in [0.25, 0.3) is 0 Å². The third-order valence-corrected chi connectivity index (χ3v) is 4.99. The Labute approximate surface area is 172 Å². The first kappa shape index (κ1) is 20.8. The Morgan fingerprint density at radius 3 is 2.62 bits per heavy atom. The molecule has 1 saturated heterocycles. The number of aromatic nitrogens is 3. The van der Waals surface area contributed by atoms with Gasteiger partial charge in [-0.1, -0.05) is 0 Å². The standard InChI is InChI=1S/C20H31N7O2/c1-5-21-20(22-12-19-25-23-14-26(19)6-2)24-15-7-8-27(13-15)16-9-17(28-3)11-18(10-16)29-4/h9-11,14-15H,5-8,12-13H2,1-4H3,(H2,21,22,24). The number of anilines is 1. The Morgan fingerprint density at radius 2 is 1.97 bits per heavy atom. The number of methoxy groups -OCH3 is 2. The number of rotatable bonds is 8. The molecule has 0 radical (unpaired) electrons. The van der Waals surface area contributed by atoms with E-state index in [0.29, 0.717) is 12.6 Å². The fraction of sp³-hybridized carbons (Fsp3) is 0.550. The van der Waals surface area contributed by atoms with Crippen molar-refractivity contribution in [2.75, 3.05) is 38.8 Å². The lowest BCUT2D eigenvalue weighted by Crippen LogP contribution is -2.44. The van der Waals surface area contributed by atoms with Crippen molar-refractivity contribution in [1.82, 2.24) is 25.4 Å². The predicted molar refractivity (Wildman–Crippen MR) is 114 cm³/mol. The minimum Gasteiger partial charge on any atom is -0.497 e. The van der Waals surface area contributed by atoms with Crippen molar-refractivity contribution in [3.63, 3.8) is 0 Å². The second-order valence-corrected chi connectivity index (χ2v) is 6.88. The molecule has 158 valence electrons. The van der Waals surface area contributed by atoms with Gasteiger partial charge in [-0.15, -0.1) is 10.2 Å². The highest BCUT2D eigenvalue weighted by molar-refractivity contribution is 5.80. The second-order valence-electron chi connectivity index (χ2n) is 6.88. The molecule has 1 aliphatic rings. The van der Waals surface area contributed by atoms with Gasteiger partial charge in [0.25, 0.3) is 0 Å². The van der Waals surface area contributed by atoms with Gasteiger partial charge in [0.05, 0.1) is 14.2 Å². The molecular weight excluding hydrogens is 370 g/mol. The number of aliphatic imine (C=N–C) groups is 1. The largest absolute Gasteiger partial charge is 0.497 e. The molecule has 29 heavy (non-hydrogen) atoms. The van der Waals surface area contributed by atoms with Gasteiger partial charge < -0.3 is 29.6 Å². The lowest BCUT2D eigenvalue weighted by molar-refractivity contribution is 0.394. The van der Waals surface area contributed by atoms with Gasteiger partial charge in [-0.25, -0.2) is 4.99 Å². The van der Waals surface area contributed by atoms with E-state index >= 15 is 0 Å². The molecule has 1 fully saturated rings. The van der Waals surface area contributed by atoms with Gasteiger partial charge in [-0.3, -0.25) is 0 Å². The average molecular weight is 402 g/mol. The van der Waals surface area contributed by atoms with Crippen LogP contribution in [-0.2, 0) is 13.1 Å². The molecule has 2 N–H and O–H groups in total. The summed E-state index contributed by atoms with van der Waals surface area (Å²) in [6, 6.07) is 6.28. The number of guanidine groups is 1. The van der Waals surface area contributed by atoms with E-state index in [-0.39, 0.29) is 0 Å². The Kier molecular flexibility index (Phi) is 7.15. The maximum absolute atomic E-state index is 5.40. The predicted octanol–water partition coefficient (Wildman–Crippen LogP) is 1.65. The smallest absolute Gasteiger partial charge is 0.191 e. The number of benzene rings is 1. The summed E-state index contributed by atoms with van der Waals surface area (Å²) < 4.78 is 12.8. The number of nitrogens with one attached hydrogen (secondary N) is 2. The summed E-state index contributed by atoms with van der Waals surface area (Å²) in [7, 11) is 3.34. The van der Waals surface area contributed by atoms with Crippen molar-refractivity contribution >= 4 is 11.6 Å². The van der Waals surface area contributed by atoms with E-state index in [1.54, 1.807) is 20.5 Å². The molecule has 0 saturated carbocycles. The molecule has 1 atom stereocenters. The summed E-state index contributed by atoms with van der Waals surface area (Å²) in [6.07, 6.45) is 2.76. The van der Waals surface area contributed by atoms with Crippen molar-refractivity contribution < 1.29 is 9.47 Å². The van der Waals surface area contributed by atoms with Crippen molar-refractivity contribution in [2.45, 2.75) is 39.4 Å². The van der Waals surface area contributed by atoms with Gasteiger partial charge in [0.2, 0.25) is 0 Å². The van der Waals surface area contributed by atoms with Crippen LogP contribution in [0.15, 0.2) is 29.5 Å². The lowest BCUT2D eigenvalue weighted by atomic mass is 10.2. The van der Waals surface area contributed by atoms with E-state index in [2.05, 4.69) is 39.6 Å².